The normalized spacial score (nSPS) is 12.2. The SMILES string of the molecule is Cl.O=C(O)c1ccc(C2=Cc3cc4ccc(cc5nc(cc6ccc(cc2n3)[nH]6)C=C5)[nH]4)cc1. The number of halogens is 1. The molecular weight excluding hydrogens is 448 g/mol. The third-order valence-electron chi connectivity index (χ3n) is 5.61. The number of fused-ring (bicyclic) bond motifs is 8. The third kappa shape index (κ3) is 4.14. The molecule has 2 aliphatic rings. The predicted octanol–water partition coefficient (Wildman–Crippen LogP) is 6.19. The van der Waals surface area contributed by atoms with Crippen LogP contribution in [0, 0.1) is 0 Å². The van der Waals surface area contributed by atoms with Crippen molar-refractivity contribution in [3.05, 3.63) is 107 Å². The van der Waals surface area contributed by atoms with Crippen molar-refractivity contribution < 1.29 is 9.90 Å². The molecule has 5 heterocycles. The summed E-state index contributed by atoms with van der Waals surface area (Å²) in [5.41, 5.74) is 9.24. The first-order valence-electron chi connectivity index (χ1n) is 10.5. The number of aromatic amines is 2. The van der Waals surface area contributed by atoms with Crippen LogP contribution in [-0.2, 0) is 0 Å². The summed E-state index contributed by atoms with van der Waals surface area (Å²) in [4.78, 5) is 27.6. The van der Waals surface area contributed by atoms with E-state index in [1.807, 2.05) is 78.9 Å². The Balaban J connectivity index is 0.00000241. The molecule has 166 valence electrons. The first-order valence-corrected chi connectivity index (χ1v) is 10.5. The van der Waals surface area contributed by atoms with Crippen LogP contribution in [0.5, 0.6) is 0 Å². The number of nitrogens with zero attached hydrogens (tertiary/aromatic N) is 2. The van der Waals surface area contributed by atoms with E-state index in [0.29, 0.717) is 0 Å². The van der Waals surface area contributed by atoms with Gasteiger partial charge in [0.2, 0.25) is 0 Å². The molecule has 3 N–H and O–H groups in total. The van der Waals surface area contributed by atoms with E-state index in [1.54, 1.807) is 12.1 Å². The van der Waals surface area contributed by atoms with Gasteiger partial charge in [-0.3, -0.25) is 0 Å². The van der Waals surface area contributed by atoms with Crippen LogP contribution >= 0.6 is 12.4 Å². The van der Waals surface area contributed by atoms with E-state index in [4.69, 9.17) is 4.98 Å². The lowest BCUT2D eigenvalue weighted by Crippen LogP contribution is -1.96. The molecule has 0 radical (unpaired) electrons. The van der Waals surface area contributed by atoms with Crippen molar-refractivity contribution in [2.75, 3.05) is 0 Å². The number of hydrogen-bond donors (Lipinski definition) is 3. The highest BCUT2D eigenvalue weighted by Crippen LogP contribution is 2.29. The van der Waals surface area contributed by atoms with E-state index < -0.39 is 5.97 Å². The lowest BCUT2D eigenvalue weighted by Gasteiger charge is -2.03. The van der Waals surface area contributed by atoms with Gasteiger partial charge in [0, 0.05) is 27.6 Å². The summed E-state index contributed by atoms with van der Waals surface area (Å²) in [6.45, 7) is 0. The van der Waals surface area contributed by atoms with Crippen molar-refractivity contribution in [3.8, 4) is 0 Å². The molecule has 0 fully saturated rings. The van der Waals surface area contributed by atoms with Crippen molar-refractivity contribution >= 4 is 64.2 Å². The Morgan fingerprint density at radius 3 is 1.76 bits per heavy atom. The summed E-state index contributed by atoms with van der Waals surface area (Å²) in [5.74, 6) is -0.943. The minimum atomic E-state index is -0.943. The Morgan fingerprint density at radius 2 is 1.21 bits per heavy atom. The number of rotatable bonds is 2. The molecule has 0 spiro atoms. The highest BCUT2D eigenvalue weighted by Gasteiger charge is 2.13. The third-order valence-corrected chi connectivity index (χ3v) is 5.61. The van der Waals surface area contributed by atoms with E-state index in [0.717, 1.165) is 56.0 Å². The molecule has 0 unspecified atom stereocenters. The second-order valence-corrected chi connectivity index (χ2v) is 7.97. The van der Waals surface area contributed by atoms with Gasteiger partial charge in [0.25, 0.3) is 0 Å². The van der Waals surface area contributed by atoms with Crippen molar-refractivity contribution in [3.63, 3.8) is 0 Å². The minimum Gasteiger partial charge on any atom is -0.478 e. The van der Waals surface area contributed by atoms with E-state index >= 15 is 0 Å². The summed E-state index contributed by atoms with van der Waals surface area (Å²) in [5, 5.41) is 9.23. The zero-order chi connectivity index (χ0) is 22.4. The number of carboxylic acid groups (broad SMARTS) is 1. The first-order chi connectivity index (χ1) is 16.1. The molecular formula is C27H19ClN4O2. The molecule has 0 atom stereocenters. The Hall–Kier alpha value is -4.42. The lowest BCUT2D eigenvalue weighted by molar-refractivity contribution is 0.0697. The summed E-state index contributed by atoms with van der Waals surface area (Å²) in [6, 6.07) is 22.9. The zero-order valence-electron chi connectivity index (χ0n) is 17.8. The van der Waals surface area contributed by atoms with E-state index in [9.17, 15) is 9.90 Å². The van der Waals surface area contributed by atoms with Gasteiger partial charge >= 0.3 is 5.97 Å². The van der Waals surface area contributed by atoms with Gasteiger partial charge in [0.15, 0.2) is 0 Å². The largest absolute Gasteiger partial charge is 0.478 e. The van der Waals surface area contributed by atoms with Gasteiger partial charge in [-0.25, -0.2) is 14.8 Å². The number of carboxylic acids is 1. The zero-order valence-corrected chi connectivity index (χ0v) is 18.6. The van der Waals surface area contributed by atoms with Crippen molar-refractivity contribution in [1.82, 2.24) is 19.9 Å². The molecule has 34 heavy (non-hydrogen) atoms. The summed E-state index contributed by atoms with van der Waals surface area (Å²) in [6.07, 6.45) is 6.01. The fourth-order valence-electron chi connectivity index (χ4n) is 4.04. The monoisotopic (exact) mass is 466 g/mol. The Kier molecular flexibility index (Phi) is 5.36. The molecule has 8 bridgehead atoms. The van der Waals surface area contributed by atoms with Gasteiger partial charge < -0.3 is 15.1 Å². The van der Waals surface area contributed by atoms with E-state index in [2.05, 4.69) is 15.0 Å². The molecule has 6 rings (SSSR count). The Morgan fingerprint density at radius 1 is 0.676 bits per heavy atom. The fraction of sp³-hybridized carbons (Fsp3) is 0. The number of nitrogens with one attached hydrogen (secondary N) is 2. The minimum absolute atomic E-state index is 0. The molecule has 0 aliphatic carbocycles. The van der Waals surface area contributed by atoms with Crippen LogP contribution in [0.25, 0.3) is 45.9 Å². The van der Waals surface area contributed by atoms with Crippen LogP contribution in [-0.4, -0.2) is 31.0 Å². The number of benzene rings is 1. The van der Waals surface area contributed by atoms with E-state index in [-0.39, 0.29) is 18.0 Å². The maximum absolute atomic E-state index is 11.2. The second kappa shape index (κ2) is 8.50. The lowest BCUT2D eigenvalue weighted by atomic mass is 10.0. The number of carbonyl (C=O) groups is 1. The maximum atomic E-state index is 11.2. The number of H-pyrrole nitrogens is 2. The van der Waals surface area contributed by atoms with Gasteiger partial charge in [-0.2, -0.15) is 0 Å². The Bertz CT molecular complexity index is 1640. The smallest absolute Gasteiger partial charge is 0.335 e. The predicted molar refractivity (Wildman–Crippen MR) is 138 cm³/mol. The quantitative estimate of drug-likeness (QED) is 0.283. The number of hydrogen-bond acceptors (Lipinski definition) is 3. The molecule has 3 aromatic heterocycles. The summed E-state index contributed by atoms with van der Waals surface area (Å²) in [7, 11) is 0. The van der Waals surface area contributed by atoms with Crippen molar-refractivity contribution in [1.29, 1.82) is 0 Å². The molecule has 0 amide bonds. The van der Waals surface area contributed by atoms with Crippen molar-refractivity contribution in [2.24, 2.45) is 0 Å². The van der Waals surface area contributed by atoms with Crippen LogP contribution in [0.1, 0.15) is 38.7 Å². The summed E-state index contributed by atoms with van der Waals surface area (Å²) >= 11 is 0. The average Bonchev–Trinajstić information content (AvgIpc) is 3.59. The summed E-state index contributed by atoms with van der Waals surface area (Å²) < 4.78 is 0. The average molecular weight is 467 g/mol. The van der Waals surface area contributed by atoms with Crippen LogP contribution < -0.4 is 0 Å². The van der Waals surface area contributed by atoms with Crippen molar-refractivity contribution in [2.45, 2.75) is 0 Å². The van der Waals surface area contributed by atoms with Crippen LogP contribution in [0.2, 0.25) is 0 Å². The van der Waals surface area contributed by atoms with Crippen LogP contribution in [0.15, 0.2) is 72.8 Å². The first kappa shape index (κ1) is 21.4. The molecule has 6 nitrogen and oxygen atoms in total. The number of aromatic nitrogens is 4. The molecule has 1 aromatic carbocycles. The molecule has 0 saturated carbocycles. The van der Waals surface area contributed by atoms with E-state index in [1.165, 1.54) is 0 Å². The van der Waals surface area contributed by atoms with Gasteiger partial charge in [0.05, 0.1) is 28.3 Å². The number of aromatic carboxylic acids is 1. The maximum Gasteiger partial charge on any atom is 0.335 e. The Labute approximate surface area is 200 Å². The standard InChI is InChI=1S/C27H18N4O2.ClH/c32-27(33)17-3-1-16(2-4-17)25-14-24-13-22-8-7-20(29-22)11-18-5-6-19(28-18)12-21-9-10-23(30-21)15-26(25)31-24;/h1-15,29-30H,(H,32,33);1H. The van der Waals surface area contributed by atoms with Gasteiger partial charge in [-0.1, -0.05) is 12.1 Å². The highest BCUT2D eigenvalue weighted by atomic mass is 35.5. The molecule has 2 aliphatic heterocycles. The van der Waals surface area contributed by atoms with Crippen LogP contribution in [0.3, 0.4) is 0 Å². The van der Waals surface area contributed by atoms with Gasteiger partial charge in [-0.05, 0) is 84.5 Å². The van der Waals surface area contributed by atoms with Gasteiger partial charge in [-0.15, -0.1) is 12.4 Å². The van der Waals surface area contributed by atoms with Gasteiger partial charge in [0.1, 0.15) is 0 Å². The van der Waals surface area contributed by atoms with Crippen LogP contribution in [0.4, 0.5) is 0 Å². The molecule has 4 aromatic rings. The fourth-order valence-corrected chi connectivity index (χ4v) is 4.04. The highest BCUT2D eigenvalue weighted by molar-refractivity contribution is 5.95. The molecule has 0 saturated heterocycles. The topological polar surface area (TPSA) is 94.7 Å². The molecule has 7 heteroatoms. The second-order valence-electron chi connectivity index (χ2n) is 7.97.